The maximum atomic E-state index is 10.5. The third-order valence-electron chi connectivity index (χ3n) is 2.77. The summed E-state index contributed by atoms with van der Waals surface area (Å²) >= 11 is 1.56. The first-order chi connectivity index (χ1) is 8.61. The molecule has 0 radical (unpaired) electrons. The molecule has 1 heterocycles. The second-order valence-electron chi connectivity index (χ2n) is 3.96. The van der Waals surface area contributed by atoms with Crippen LogP contribution in [-0.2, 0) is 11.8 Å². The van der Waals surface area contributed by atoms with Crippen molar-refractivity contribution in [3.8, 4) is 5.75 Å². The number of carboxylic acid groups (broad SMARTS) is 1. The summed E-state index contributed by atoms with van der Waals surface area (Å²) < 4.78 is 7.26. The predicted molar refractivity (Wildman–Crippen MR) is 72.4 cm³/mol. The molecule has 1 N–H and O–H groups in total. The third kappa shape index (κ3) is 2.61. The van der Waals surface area contributed by atoms with Gasteiger partial charge in [0.2, 0.25) is 0 Å². The Balaban J connectivity index is 2.24. The number of thioether (sulfide) groups is 1. The van der Waals surface area contributed by atoms with Crippen LogP contribution in [-0.4, -0.2) is 28.5 Å². The van der Waals surface area contributed by atoms with Crippen LogP contribution in [0, 0.1) is 0 Å². The molecule has 96 valence electrons. The molecule has 18 heavy (non-hydrogen) atoms. The van der Waals surface area contributed by atoms with E-state index in [1.807, 2.05) is 25.2 Å². The number of aromatic nitrogens is 1. The molecule has 0 spiro atoms. The van der Waals surface area contributed by atoms with Crippen molar-refractivity contribution in [2.24, 2.45) is 7.05 Å². The number of carboxylic acids is 1. The summed E-state index contributed by atoms with van der Waals surface area (Å²) in [5, 5.41) is 10.8. The lowest BCUT2D eigenvalue weighted by molar-refractivity contribution is -0.136. The summed E-state index contributed by atoms with van der Waals surface area (Å²) in [6.45, 7) is 0. The van der Waals surface area contributed by atoms with Gasteiger partial charge in [0.25, 0.3) is 0 Å². The number of nitrogens with zero attached hydrogens (tertiary/aromatic N) is 1. The van der Waals surface area contributed by atoms with Crippen LogP contribution in [0.4, 0.5) is 0 Å². The second-order valence-corrected chi connectivity index (χ2v) is 5.07. The SMILES string of the molecule is COc1ccc2cc(SCCC(=O)O)n(C)c2c1. The van der Waals surface area contributed by atoms with E-state index >= 15 is 0 Å². The smallest absolute Gasteiger partial charge is 0.304 e. The molecule has 0 aliphatic rings. The summed E-state index contributed by atoms with van der Waals surface area (Å²) in [4.78, 5) is 10.5. The molecule has 1 aromatic carbocycles. The van der Waals surface area contributed by atoms with Crippen LogP contribution < -0.4 is 4.74 Å². The standard InChI is InChI=1S/C13H15NO3S/c1-14-11-8-10(17-2)4-3-9(11)7-12(14)18-6-5-13(15)16/h3-4,7-8H,5-6H2,1-2H3,(H,15,16). The Hall–Kier alpha value is -1.62. The Morgan fingerprint density at radius 2 is 2.22 bits per heavy atom. The number of aliphatic carboxylic acids is 1. The Kier molecular flexibility index (Phi) is 3.81. The molecule has 0 saturated carbocycles. The van der Waals surface area contributed by atoms with E-state index < -0.39 is 5.97 Å². The second kappa shape index (κ2) is 5.35. The van der Waals surface area contributed by atoms with Gasteiger partial charge in [0.05, 0.1) is 24.1 Å². The fourth-order valence-electron chi connectivity index (χ4n) is 1.79. The van der Waals surface area contributed by atoms with E-state index in [1.165, 1.54) is 0 Å². The van der Waals surface area contributed by atoms with Gasteiger partial charge in [-0.25, -0.2) is 0 Å². The van der Waals surface area contributed by atoms with Crippen LogP contribution in [0.25, 0.3) is 10.9 Å². The van der Waals surface area contributed by atoms with Gasteiger partial charge in [-0.3, -0.25) is 4.79 Å². The van der Waals surface area contributed by atoms with Crippen molar-refractivity contribution in [3.63, 3.8) is 0 Å². The highest BCUT2D eigenvalue weighted by atomic mass is 32.2. The number of rotatable bonds is 5. The van der Waals surface area contributed by atoms with Crippen molar-refractivity contribution in [2.45, 2.75) is 11.4 Å². The van der Waals surface area contributed by atoms with Gasteiger partial charge in [-0.1, -0.05) is 0 Å². The van der Waals surface area contributed by atoms with Crippen molar-refractivity contribution in [2.75, 3.05) is 12.9 Å². The number of hydrogen-bond acceptors (Lipinski definition) is 3. The Morgan fingerprint density at radius 1 is 1.44 bits per heavy atom. The molecule has 0 fully saturated rings. The van der Waals surface area contributed by atoms with Crippen LogP contribution >= 0.6 is 11.8 Å². The zero-order valence-corrected chi connectivity index (χ0v) is 11.2. The monoisotopic (exact) mass is 265 g/mol. The topological polar surface area (TPSA) is 51.5 Å². The van der Waals surface area contributed by atoms with E-state index in [4.69, 9.17) is 9.84 Å². The van der Waals surface area contributed by atoms with Gasteiger partial charge in [0.1, 0.15) is 5.75 Å². The molecular formula is C13H15NO3S. The number of aryl methyl sites for hydroxylation is 1. The fraction of sp³-hybridized carbons (Fsp3) is 0.308. The minimum absolute atomic E-state index is 0.176. The van der Waals surface area contributed by atoms with E-state index in [0.717, 1.165) is 21.7 Å². The summed E-state index contributed by atoms with van der Waals surface area (Å²) in [6.07, 6.45) is 0.176. The molecule has 0 aliphatic heterocycles. The van der Waals surface area contributed by atoms with E-state index in [1.54, 1.807) is 18.9 Å². The lowest BCUT2D eigenvalue weighted by Gasteiger charge is -2.04. The lowest BCUT2D eigenvalue weighted by Crippen LogP contribution is -1.97. The van der Waals surface area contributed by atoms with Gasteiger partial charge in [-0.2, -0.15) is 0 Å². The van der Waals surface area contributed by atoms with Crippen LogP contribution in [0.5, 0.6) is 5.75 Å². The van der Waals surface area contributed by atoms with Gasteiger partial charge in [-0.15, -0.1) is 11.8 Å². The highest BCUT2D eigenvalue weighted by Gasteiger charge is 2.08. The average Bonchev–Trinajstić information content (AvgIpc) is 2.66. The van der Waals surface area contributed by atoms with Gasteiger partial charge in [0.15, 0.2) is 0 Å². The van der Waals surface area contributed by atoms with Crippen molar-refractivity contribution >= 4 is 28.6 Å². The largest absolute Gasteiger partial charge is 0.497 e. The highest BCUT2D eigenvalue weighted by Crippen LogP contribution is 2.29. The number of hydrogen-bond donors (Lipinski definition) is 1. The number of ether oxygens (including phenoxy) is 1. The first kappa shape index (κ1) is 12.8. The fourth-order valence-corrected chi connectivity index (χ4v) is 2.78. The van der Waals surface area contributed by atoms with Gasteiger partial charge < -0.3 is 14.4 Å². The summed E-state index contributed by atoms with van der Waals surface area (Å²) in [5.41, 5.74) is 1.09. The van der Waals surface area contributed by atoms with Crippen molar-refractivity contribution < 1.29 is 14.6 Å². The van der Waals surface area contributed by atoms with E-state index in [2.05, 4.69) is 10.6 Å². The molecule has 2 aromatic rings. The molecular weight excluding hydrogens is 250 g/mol. The van der Waals surface area contributed by atoms with Crippen LogP contribution in [0.15, 0.2) is 29.3 Å². The predicted octanol–water partition coefficient (Wildman–Crippen LogP) is 2.75. The highest BCUT2D eigenvalue weighted by molar-refractivity contribution is 7.99. The van der Waals surface area contributed by atoms with Gasteiger partial charge in [0, 0.05) is 24.3 Å². The number of methoxy groups -OCH3 is 1. The molecule has 2 rings (SSSR count). The normalized spacial score (nSPS) is 10.8. The van der Waals surface area contributed by atoms with Gasteiger partial charge >= 0.3 is 5.97 Å². The van der Waals surface area contributed by atoms with E-state index in [0.29, 0.717) is 5.75 Å². The van der Waals surface area contributed by atoms with Crippen LogP contribution in [0.1, 0.15) is 6.42 Å². The van der Waals surface area contributed by atoms with Crippen molar-refractivity contribution in [1.29, 1.82) is 0 Å². The molecule has 0 atom stereocenters. The minimum atomic E-state index is -0.761. The molecule has 0 saturated heterocycles. The number of fused-ring (bicyclic) bond motifs is 1. The Morgan fingerprint density at radius 3 is 2.89 bits per heavy atom. The number of carbonyl (C=O) groups is 1. The molecule has 0 amide bonds. The third-order valence-corrected chi connectivity index (χ3v) is 3.87. The minimum Gasteiger partial charge on any atom is -0.497 e. The van der Waals surface area contributed by atoms with Crippen LogP contribution in [0.3, 0.4) is 0 Å². The molecule has 5 heteroatoms. The zero-order chi connectivity index (χ0) is 13.1. The number of benzene rings is 1. The van der Waals surface area contributed by atoms with Crippen molar-refractivity contribution in [3.05, 3.63) is 24.3 Å². The van der Waals surface area contributed by atoms with Crippen LogP contribution in [0.2, 0.25) is 0 Å². The maximum absolute atomic E-state index is 10.5. The Labute approximate surface area is 110 Å². The summed E-state index contributed by atoms with van der Waals surface area (Å²) in [5.74, 6) is 0.644. The quantitative estimate of drug-likeness (QED) is 0.845. The van der Waals surface area contributed by atoms with Crippen molar-refractivity contribution in [1.82, 2.24) is 4.57 Å². The van der Waals surface area contributed by atoms with E-state index in [-0.39, 0.29) is 6.42 Å². The first-order valence-corrected chi connectivity index (χ1v) is 6.58. The molecule has 1 aromatic heterocycles. The van der Waals surface area contributed by atoms with Gasteiger partial charge in [-0.05, 0) is 18.2 Å². The Bertz CT molecular complexity index is 577. The maximum Gasteiger partial charge on any atom is 0.304 e. The molecule has 0 aliphatic carbocycles. The molecule has 0 unspecified atom stereocenters. The zero-order valence-electron chi connectivity index (χ0n) is 10.3. The summed E-state index contributed by atoms with van der Waals surface area (Å²) in [6, 6.07) is 7.99. The summed E-state index contributed by atoms with van der Waals surface area (Å²) in [7, 11) is 3.62. The first-order valence-electron chi connectivity index (χ1n) is 5.60. The lowest BCUT2D eigenvalue weighted by atomic mass is 10.2. The molecule has 0 bridgehead atoms. The average molecular weight is 265 g/mol. The molecule has 4 nitrogen and oxygen atoms in total. The van der Waals surface area contributed by atoms with E-state index in [9.17, 15) is 4.79 Å².